The minimum Gasteiger partial charge on any atom is -0.504 e. The van der Waals surface area contributed by atoms with Gasteiger partial charge in [-0.15, -0.1) is 0 Å². The van der Waals surface area contributed by atoms with E-state index in [0.29, 0.717) is 11.2 Å². The summed E-state index contributed by atoms with van der Waals surface area (Å²) < 4.78 is 9.79. The molecule has 2 aromatic heterocycles. The molecule has 0 saturated carbocycles. The van der Waals surface area contributed by atoms with E-state index in [-0.39, 0.29) is 5.75 Å². The number of fused-ring (bicyclic) bond motifs is 3. The largest absolute Gasteiger partial charge is 0.504 e. The maximum atomic E-state index is 8.98. The molecule has 2 heterocycles. The number of benzene rings is 1. The first-order valence-electron chi connectivity index (χ1n) is 2.62. The fourth-order valence-electron chi connectivity index (χ4n) is 0.922. The molecule has 3 aromatic rings. The first-order valence-corrected chi connectivity index (χ1v) is 2.62. The van der Waals surface area contributed by atoms with E-state index in [0.717, 1.165) is 11.2 Å². The molecule has 0 aliphatic heterocycles. The van der Waals surface area contributed by atoms with Crippen molar-refractivity contribution in [3.05, 3.63) is 6.07 Å². The fourth-order valence-corrected chi connectivity index (χ4v) is 0.922. The quantitative estimate of drug-likeness (QED) is 0.494. The fraction of sp³-hybridized carbons (Fsp3) is 0. The normalized spacial score (nSPS) is 12.9. The molecule has 9 heavy (non-hydrogen) atoms. The van der Waals surface area contributed by atoms with Crippen molar-refractivity contribution < 1.29 is 13.9 Å². The van der Waals surface area contributed by atoms with E-state index in [1.807, 2.05) is 0 Å². The van der Waals surface area contributed by atoms with Crippen LogP contribution in [0.15, 0.2) is 14.9 Å². The topological polar surface area (TPSA) is 46.5 Å². The third-order valence-electron chi connectivity index (χ3n) is 1.47. The van der Waals surface area contributed by atoms with Crippen molar-refractivity contribution in [3.63, 3.8) is 0 Å². The average Bonchev–Trinajstić information content (AvgIpc) is 2.54. The van der Waals surface area contributed by atoms with Crippen LogP contribution in [0, 0.1) is 0 Å². The zero-order valence-corrected chi connectivity index (χ0v) is 4.34. The smallest absolute Gasteiger partial charge is 0.220 e. The van der Waals surface area contributed by atoms with Gasteiger partial charge in [0.1, 0.15) is 0 Å². The van der Waals surface area contributed by atoms with Crippen molar-refractivity contribution in [2.45, 2.75) is 0 Å². The molecule has 3 rings (SSSR count). The summed E-state index contributed by atoms with van der Waals surface area (Å²) in [5.41, 5.74) is 2.82. The molecule has 0 saturated heterocycles. The van der Waals surface area contributed by atoms with Crippen LogP contribution >= 0.6 is 0 Å². The number of rotatable bonds is 0. The molecule has 0 bridgehead atoms. The minimum atomic E-state index is 0.182. The van der Waals surface area contributed by atoms with Crippen molar-refractivity contribution in [3.8, 4) is 5.75 Å². The minimum absolute atomic E-state index is 0.182. The molecule has 3 nitrogen and oxygen atoms in total. The van der Waals surface area contributed by atoms with Crippen molar-refractivity contribution in [2.75, 3.05) is 0 Å². The van der Waals surface area contributed by atoms with E-state index in [4.69, 9.17) is 13.9 Å². The van der Waals surface area contributed by atoms with Crippen LogP contribution in [0.4, 0.5) is 0 Å². The van der Waals surface area contributed by atoms with Crippen molar-refractivity contribution in [1.29, 1.82) is 0 Å². The Bertz CT molecular complexity index is 433. The molecule has 0 aliphatic rings. The van der Waals surface area contributed by atoms with Gasteiger partial charge in [-0.3, -0.25) is 0 Å². The molecule has 0 radical (unpaired) electrons. The summed E-state index contributed by atoms with van der Waals surface area (Å²) in [4.78, 5) is 0. The molecule has 44 valence electrons. The summed E-state index contributed by atoms with van der Waals surface area (Å²) in [6, 6.07) is 1.56. The standard InChI is InChI=1S/C6H2O3/c7-2-1-3-5(8-3)6-4(2)9-6/h1,7H. The number of phenols is 1. The van der Waals surface area contributed by atoms with Crippen LogP contribution in [-0.4, -0.2) is 5.11 Å². The molecule has 0 spiro atoms. The van der Waals surface area contributed by atoms with Crippen LogP contribution in [0.1, 0.15) is 0 Å². The van der Waals surface area contributed by atoms with E-state index < -0.39 is 0 Å². The van der Waals surface area contributed by atoms with Gasteiger partial charge in [0.15, 0.2) is 11.3 Å². The number of aromatic hydroxyl groups is 1. The zero-order chi connectivity index (χ0) is 6.01. The van der Waals surface area contributed by atoms with Gasteiger partial charge in [0.05, 0.1) is 0 Å². The van der Waals surface area contributed by atoms with Crippen LogP contribution < -0.4 is 0 Å². The lowest BCUT2D eigenvalue weighted by atomic mass is 10.3. The van der Waals surface area contributed by atoms with Crippen molar-refractivity contribution in [2.24, 2.45) is 0 Å². The first kappa shape index (κ1) is 3.61. The zero-order valence-electron chi connectivity index (χ0n) is 4.34. The Morgan fingerprint density at radius 3 is 2.89 bits per heavy atom. The van der Waals surface area contributed by atoms with Gasteiger partial charge in [0, 0.05) is 6.07 Å². The average molecular weight is 122 g/mol. The molecule has 1 aromatic carbocycles. The maximum Gasteiger partial charge on any atom is 0.220 e. The predicted molar refractivity (Wildman–Crippen MR) is 30.0 cm³/mol. The molecular weight excluding hydrogens is 120 g/mol. The highest BCUT2D eigenvalue weighted by atomic mass is 16.4. The van der Waals surface area contributed by atoms with E-state index in [1.54, 1.807) is 6.07 Å². The molecule has 0 amide bonds. The van der Waals surface area contributed by atoms with Gasteiger partial charge in [-0.25, -0.2) is 0 Å². The molecule has 0 fully saturated rings. The lowest BCUT2D eigenvalue weighted by molar-refractivity contribution is 0.477. The lowest BCUT2D eigenvalue weighted by Gasteiger charge is -1.72. The molecule has 0 aliphatic carbocycles. The monoisotopic (exact) mass is 122 g/mol. The summed E-state index contributed by atoms with van der Waals surface area (Å²) in [5.74, 6) is 0.182. The number of hydrogen-bond donors (Lipinski definition) is 1. The Morgan fingerprint density at radius 1 is 1.11 bits per heavy atom. The summed E-state index contributed by atoms with van der Waals surface area (Å²) in [7, 11) is 0. The van der Waals surface area contributed by atoms with E-state index in [1.165, 1.54) is 0 Å². The third-order valence-corrected chi connectivity index (χ3v) is 1.47. The second-order valence-corrected chi connectivity index (χ2v) is 2.09. The Morgan fingerprint density at radius 2 is 2.00 bits per heavy atom. The molecular formula is C6H2O3. The maximum absolute atomic E-state index is 8.98. The molecule has 1 N–H and O–H groups in total. The van der Waals surface area contributed by atoms with Crippen LogP contribution in [-0.2, 0) is 0 Å². The third kappa shape index (κ3) is 0.276. The Kier molecular flexibility index (Phi) is 0.303. The summed E-state index contributed by atoms with van der Waals surface area (Å²) in [6.07, 6.45) is 0. The summed E-state index contributed by atoms with van der Waals surface area (Å²) >= 11 is 0. The van der Waals surface area contributed by atoms with Crippen LogP contribution in [0.3, 0.4) is 0 Å². The first-order chi connectivity index (χ1) is 4.36. The van der Waals surface area contributed by atoms with Crippen LogP contribution in [0.5, 0.6) is 5.75 Å². The van der Waals surface area contributed by atoms with Gasteiger partial charge in [0.2, 0.25) is 16.7 Å². The second kappa shape index (κ2) is 0.757. The highest BCUT2D eigenvalue weighted by Gasteiger charge is 2.24. The van der Waals surface area contributed by atoms with Gasteiger partial charge in [0.25, 0.3) is 0 Å². The van der Waals surface area contributed by atoms with Crippen LogP contribution in [0.2, 0.25) is 0 Å². The SMILES string of the molecule is Oc1cc2oc2c2oc12. The van der Waals surface area contributed by atoms with Crippen molar-refractivity contribution in [1.82, 2.24) is 0 Å². The lowest BCUT2D eigenvalue weighted by Crippen LogP contribution is -1.51. The summed E-state index contributed by atoms with van der Waals surface area (Å²) in [6.45, 7) is 0. The van der Waals surface area contributed by atoms with Crippen LogP contribution in [0.25, 0.3) is 22.3 Å². The van der Waals surface area contributed by atoms with E-state index in [2.05, 4.69) is 0 Å². The highest BCUT2D eigenvalue weighted by molar-refractivity contribution is 6.08. The van der Waals surface area contributed by atoms with Crippen molar-refractivity contribution >= 4 is 22.3 Å². The second-order valence-electron chi connectivity index (χ2n) is 2.09. The van der Waals surface area contributed by atoms with Gasteiger partial charge >= 0.3 is 0 Å². The predicted octanol–water partition coefficient (Wildman–Crippen LogP) is 1.76. The van der Waals surface area contributed by atoms with Gasteiger partial charge in [-0.1, -0.05) is 0 Å². The van der Waals surface area contributed by atoms with E-state index >= 15 is 0 Å². The Labute approximate surface area is 49.1 Å². The Hall–Kier alpha value is -1.38. The molecule has 0 atom stereocenters. The number of phenolic OH excluding ortho intramolecular Hbond substituents is 1. The Balaban J connectivity index is 2.70. The van der Waals surface area contributed by atoms with Gasteiger partial charge in [-0.2, -0.15) is 0 Å². The number of hydrogen-bond acceptors (Lipinski definition) is 3. The summed E-state index contributed by atoms with van der Waals surface area (Å²) in [5, 5.41) is 8.98. The van der Waals surface area contributed by atoms with Gasteiger partial charge < -0.3 is 13.9 Å². The van der Waals surface area contributed by atoms with E-state index in [9.17, 15) is 0 Å². The molecule has 0 unspecified atom stereocenters. The van der Waals surface area contributed by atoms with Gasteiger partial charge in [-0.05, 0) is 0 Å². The molecule has 3 heteroatoms. The highest BCUT2D eigenvalue weighted by Crippen LogP contribution is 2.44.